The molecule has 3 rings (SSSR count). The van der Waals surface area contributed by atoms with Crippen LogP contribution in [-0.2, 0) is 13.0 Å². The van der Waals surface area contributed by atoms with Gasteiger partial charge in [-0.15, -0.1) is 0 Å². The molecule has 1 aliphatic heterocycles. The zero-order chi connectivity index (χ0) is 19.2. The van der Waals surface area contributed by atoms with Crippen LogP contribution in [0.1, 0.15) is 47.7 Å². The van der Waals surface area contributed by atoms with Gasteiger partial charge >= 0.3 is 0 Å². The Morgan fingerprint density at radius 3 is 2.44 bits per heavy atom. The van der Waals surface area contributed by atoms with Crippen LogP contribution in [0.4, 0.5) is 10.1 Å². The number of hydrogen-bond donors (Lipinski definition) is 2. The molecular formula is C22H27FN2O2. The van der Waals surface area contributed by atoms with E-state index in [1.165, 1.54) is 11.6 Å². The molecule has 0 aromatic heterocycles. The van der Waals surface area contributed by atoms with E-state index in [2.05, 4.69) is 12.2 Å². The van der Waals surface area contributed by atoms with Crippen LogP contribution >= 0.6 is 0 Å². The van der Waals surface area contributed by atoms with Crippen LogP contribution in [0.2, 0.25) is 0 Å². The highest BCUT2D eigenvalue weighted by atomic mass is 19.1. The van der Waals surface area contributed by atoms with Gasteiger partial charge in [0.15, 0.2) is 0 Å². The van der Waals surface area contributed by atoms with Crippen molar-refractivity contribution in [1.82, 2.24) is 5.32 Å². The summed E-state index contributed by atoms with van der Waals surface area (Å²) in [6.45, 7) is 3.72. The molecule has 5 heteroatoms. The lowest BCUT2D eigenvalue weighted by Crippen LogP contribution is -2.36. The third-order valence-electron chi connectivity index (χ3n) is 5.03. The van der Waals surface area contributed by atoms with Crippen molar-refractivity contribution in [3.63, 3.8) is 0 Å². The lowest BCUT2D eigenvalue weighted by Gasteiger charge is -2.31. The second-order valence-electron chi connectivity index (χ2n) is 7.13. The number of aryl methyl sites for hydroxylation is 1. The highest BCUT2D eigenvalue weighted by Crippen LogP contribution is 2.24. The van der Waals surface area contributed by atoms with Gasteiger partial charge < -0.3 is 15.3 Å². The Hall–Kier alpha value is -2.40. The molecule has 1 fully saturated rings. The molecule has 0 atom stereocenters. The molecule has 2 aromatic carbocycles. The number of carbonyl (C=O) groups is 1. The van der Waals surface area contributed by atoms with Crippen molar-refractivity contribution >= 4 is 11.6 Å². The summed E-state index contributed by atoms with van der Waals surface area (Å²) >= 11 is 0. The number of carbonyl (C=O) groups excluding carboxylic acids is 1. The van der Waals surface area contributed by atoms with Gasteiger partial charge in [-0.05, 0) is 54.7 Å². The molecule has 0 bridgehead atoms. The molecule has 2 N–H and O–H groups in total. The number of benzene rings is 2. The zero-order valence-electron chi connectivity index (χ0n) is 15.7. The molecule has 1 aliphatic rings. The van der Waals surface area contributed by atoms with Crippen molar-refractivity contribution in [3.05, 3.63) is 65.0 Å². The number of halogens is 1. The number of piperidine rings is 1. The minimum atomic E-state index is -0.290. The number of aliphatic hydroxyl groups is 1. The van der Waals surface area contributed by atoms with Crippen LogP contribution in [-0.4, -0.2) is 30.2 Å². The monoisotopic (exact) mass is 370 g/mol. The van der Waals surface area contributed by atoms with Gasteiger partial charge in [0.05, 0.1) is 11.8 Å². The first-order valence-electron chi connectivity index (χ1n) is 9.65. The fraction of sp³-hybridized carbons (Fsp3) is 0.409. The number of anilines is 1. The number of rotatable bonds is 6. The average molecular weight is 370 g/mol. The number of nitrogens with one attached hydrogen (secondary N) is 1. The number of aliphatic hydroxyl groups excluding tert-OH is 1. The SMILES string of the molecule is CCCc1ccc(C(=O)NCc2ccc(N3CCC(O)CC3)c(F)c2)cc1. The van der Waals surface area contributed by atoms with E-state index in [1.54, 1.807) is 6.07 Å². The normalized spacial score (nSPS) is 15.0. The van der Waals surface area contributed by atoms with E-state index in [9.17, 15) is 14.3 Å². The molecule has 144 valence electrons. The van der Waals surface area contributed by atoms with E-state index in [-0.39, 0.29) is 24.4 Å². The van der Waals surface area contributed by atoms with E-state index in [1.807, 2.05) is 35.2 Å². The molecular weight excluding hydrogens is 343 g/mol. The lowest BCUT2D eigenvalue weighted by atomic mass is 10.1. The number of nitrogens with zero attached hydrogens (tertiary/aromatic N) is 1. The molecule has 0 spiro atoms. The van der Waals surface area contributed by atoms with Gasteiger partial charge in [0.25, 0.3) is 5.91 Å². The summed E-state index contributed by atoms with van der Waals surface area (Å²) in [5.74, 6) is -0.449. The Morgan fingerprint density at radius 1 is 1.15 bits per heavy atom. The minimum absolute atomic E-state index is 0.160. The predicted molar refractivity (Wildman–Crippen MR) is 105 cm³/mol. The Labute approximate surface area is 160 Å². The zero-order valence-corrected chi connectivity index (χ0v) is 15.7. The van der Waals surface area contributed by atoms with Crippen LogP contribution in [0, 0.1) is 5.82 Å². The quantitative estimate of drug-likeness (QED) is 0.816. The summed E-state index contributed by atoms with van der Waals surface area (Å²) in [4.78, 5) is 14.2. The van der Waals surface area contributed by atoms with E-state index in [0.29, 0.717) is 37.2 Å². The van der Waals surface area contributed by atoms with Crippen molar-refractivity contribution in [2.75, 3.05) is 18.0 Å². The van der Waals surface area contributed by atoms with Crippen LogP contribution in [0.25, 0.3) is 0 Å². The second-order valence-corrected chi connectivity index (χ2v) is 7.13. The average Bonchev–Trinajstić information content (AvgIpc) is 2.68. The lowest BCUT2D eigenvalue weighted by molar-refractivity contribution is 0.0951. The summed E-state index contributed by atoms with van der Waals surface area (Å²) in [5.41, 5.74) is 3.11. The van der Waals surface area contributed by atoms with Crippen molar-refractivity contribution in [3.8, 4) is 0 Å². The fourth-order valence-corrected chi connectivity index (χ4v) is 3.42. The maximum absolute atomic E-state index is 14.5. The van der Waals surface area contributed by atoms with Crippen molar-refractivity contribution in [2.24, 2.45) is 0 Å². The van der Waals surface area contributed by atoms with E-state index in [4.69, 9.17) is 0 Å². The Bertz CT molecular complexity index is 768. The van der Waals surface area contributed by atoms with Crippen LogP contribution in [0.5, 0.6) is 0 Å². The standard InChI is InChI=1S/C22H27FN2O2/c1-2-3-16-4-7-18(8-5-16)22(27)24-15-17-6-9-21(20(23)14-17)25-12-10-19(26)11-13-25/h4-9,14,19,26H,2-3,10-13,15H2,1H3,(H,24,27). The van der Waals surface area contributed by atoms with Crippen LogP contribution < -0.4 is 10.2 Å². The summed E-state index contributed by atoms with van der Waals surface area (Å²) in [7, 11) is 0. The third-order valence-corrected chi connectivity index (χ3v) is 5.03. The van der Waals surface area contributed by atoms with Crippen molar-refractivity contribution < 1.29 is 14.3 Å². The molecule has 0 unspecified atom stereocenters. The molecule has 0 radical (unpaired) electrons. The maximum Gasteiger partial charge on any atom is 0.251 e. The summed E-state index contributed by atoms with van der Waals surface area (Å²) < 4.78 is 14.5. The van der Waals surface area contributed by atoms with Crippen LogP contribution in [0.15, 0.2) is 42.5 Å². The highest BCUT2D eigenvalue weighted by Gasteiger charge is 2.19. The van der Waals surface area contributed by atoms with Gasteiger partial charge in [-0.25, -0.2) is 4.39 Å². The molecule has 0 aliphatic carbocycles. The third kappa shape index (κ3) is 5.07. The molecule has 0 saturated carbocycles. The van der Waals surface area contributed by atoms with Gasteiger partial charge in [0.1, 0.15) is 5.82 Å². The van der Waals surface area contributed by atoms with Gasteiger partial charge in [-0.3, -0.25) is 4.79 Å². The largest absolute Gasteiger partial charge is 0.393 e. The Morgan fingerprint density at radius 2 is 1.81 bits per heavy atom. The number of amides is 1. The first kappa shape index (κ1) is 19.4. The summed E-state index contributed by atoms with van der Waals surface area (Å²) in [6, 6.07) is 12.7. The maximum atomic E-state index is 14.5. The van der Waals surface area contributed by atoms with Gasteiger partial charge in [-0.2, -0.15) is 0 Å². The van der Waals surface area contributed by atoms with E-state index in [0.717, 1.165) is 18.4 Å². The number of hydrogen-bond acceptors (Lipinski definition) is 3. The molecule has 4 nitrogen and oxygen atoms in total. The van der Waals surface area contributed by atoms with Gasteiger partial charge in [0, 0.05) is 25.2 Å². The van der Waals surface area contributed by atoms with Crippen LogP contribution in [0.3, 0.4) is 0 Å². The van der Waals surface area contributed by atoms with E-state index < -0.39 is 0 Å². The summed E-state index contributed by atoms with van der Waals surface area (Å²) in [6.07, 6.45) is 3.12. The minimum Gasteiger partial charge on any atom is -0.393 e. The predicted octanol–water partition coefficient (Wildman–Crippen LogP) is 3.67. The summed E-state index contributed by atoms with van der Waals surface area (Å²) in [5, 5.41) is 12.4. The first-order chi connectivity index (χ1) is 13.1. The Balaban J connectivity index is 1.57. The Kier molecular flexibility index (Phi) is 6.45. The molecule has 1 amide bonds. The van der Waals surface area contributed by atoms with Gasteiger partial charge in [0.2, 0.25) is 0 Å². The molecule has 2 aromatic rings. The second kappa shape index (κ2) is 9.00. The molecule has 27 heavy (non-hydrogen) atoms. The van der Waals surface area contributed by atoms with Crippen molar-refractivity contribution in [1.29, 1.82) is 0 Å². The van der Waals surface area contributed by atoms with E-state index >= 15 is 0 Å². The van der Waals surface area contributed by atoms with Gasteiger partial charge in [-0.1, -0.05) is 31.5 Å². The topological polar surface area (TPSA) is 52.6 Å². The highest BCUT2D eigenvalue weighted by molar-refractivity contribution is 5.94. The first-order valence-corrected chi connectivity index (χ1v) is 9.65. The van der Waals surface area contributed by atoms with Crippen molar-refractivity contribution in [2.45, 2.75) is 45.3 Å². The fourth-order valence-electron chi connectivity index (χ4n) is 3.42. The molecule has 1 saturated heterocycles. The smallest absolute Gasteiger partial charge is 0.251 e. The molecule has 1 heterocycles.